The number of hydrogen-bond donors (Lipinski definition) is 1. The largest absolute Gasteiger partial charge is 0.383 e. The van der Waals surface area contributed by atoms with Gasteiger partial charge in [0.25, 0.3) is 0 Å². The van der Waals surface area contributed by atoms with E-state index in [2.05, 4.69) is 0 Å². The number of hydrogen-bond acceptors (Lipinski definition) is 1. The SMILES string of the molecule is Cc1ccc(C(O)c2c(F)c(F)c(F)c(F)c2F)cc1C. The number of aliphatic hydroxyl groups excluding tert-OH is 1. The molecule has 0 aliphatic heterocycles. The number of benzene rings is 2. The van der Waals surface area contributed by atoms with E-state index < -0.39 is 40.8 Å². The first kappa shape index (κ1) is 15.4. The number of halogens is 5. The fourth-order valence-corrected chi connectivity index (χ4v) is 1.96. The number of aryl methyl sites for hydroxylation is 2. The van der Waals surface area contributed by atoms with Gasteiger partial charge in [0.2, 0.25) is 5.82 Å². The van der Waals surface area contributed by atoms with E-state index in [0.717, 1.165) is 11.1 Å². The van der Waals surface area contributed by atoms with E-state index in [1.165, 1.54) is 12.1 Å². The molecule has 1 atom stereocenters. The highest BCUT2D eigenvalue weighted by molar-refractivity contribution is 5.37. The van der Waals surface area contributed by atoms with E-state index in [-0.39, 0.29) is 5.56 Å². The molecule has 1 N–H and O–H groups in total. The van der Waals surface area contributed by atoms with Crippen molar-refractivity contribution in [3.63, 3.8) is 0 Å². The Morgan fingerprint density at radius 1 is 0.762 bits per heavy atom. The van der Waals surface area contributed by atoms with Gasteiger partial charge in [-0.15, -0.1) is 0 Å². The molecule has 0 amide bonds. The minimum atomic E-state index is -2.25. The van der Waals surface area contributed by atoms with Gasteiger partial charge < -0.3 is 5.11 Å². The summed E-state index contributed by atoms with van der Waals surface area (Å²) in [4.78, 5) is 0. The Kier molecular flexibility index (Phi) is 4.00. The van der Waals surface area contributed by atoms with Crippen molar-refractivity contribution in [3.05, 3.63) is 69.5 Å². The van der Waals surface area contributed by atoms with Gasteiger partial charge in [0.15, 0.2) is 23.3 Å². The Bertz CT molecular complexity index is 683. The molecule has 0 radical (unpaired) electrons. The number of rotatable bonds is 2. The molecule has 1 unspecified atom stereocenters. The van der Waals surface area contributed by atoms with Gasteiger partial charge in [-0.25, -0.2) is 22.0 Å². The van der Waals surface area contributed by atoms with Gasteiger partial charge in [-0.05, 0) is 30.5 Å². The van der Waals surface area contributed by atoms with Crippen molar-refractivity contribution in [1.82, 2.24) is 0 Å². The molecular formula is C15H11F5O. The van der Waals surface area contributed by atoms with Crippen LogP contribution in [0.4, 0.5) is 22.0 Å². The summed E-state index contributed by atoms with van der Waals surface area (Å²) >= 11 is 0. The van der Waals surface area contributed by atoms with Crippen LogP contribution in [-0.2, 0) is 0 Å². The molecule has 2 aromatic carbocycles. The van der Waals surface area contributed by atoms with Crippen molar-refractivity contribution in [2.45, 2.75) is 20.0 Å². The minimum Gasteiger partial charge on any atom is -0.383 e. The van der Waals surface area contributed by atoms with Crippen LogP contribution in [0.2, 0.25) is 0 Å². The first-order chi connectivity index (χ1) is 9.75. The summed E-state index contributed by atoms with van der Waals surface area (Å²) in [6.07, 6.45) is -1.95. The van der Waals surface area contributed by atoms with Gasteiger partial charge in [0.1, 0.15) is 6.10 Å². The lowest BCUT2D eigenvalue weighted by molar-refractivity contribution is 0.202. The summed E-state index contributed by atoms with van der Waals surface area (Å²) in [7, 11) is 0. The maximum atomic E-state index is 13.6. The van der Waals surface area contributed by atoms with Crippen molar-refractivity contribution < 1.29 is 27.1 Å². The second-order valence-electron chi connectivity index (χ2n) is 4.73. The highest BCUT2D eigenvalue weighted by Gasteiger charge is 2.30. The Morgan fingerprint density at radius 3 is 1.71 bits per heavy atom. The van der Waals surface area contributed by atoms with Crippen LogP contribution in [0.15, 0.2) is 18.2 Å². The monoisotopic (exact) mass is 302 g/mol. The van der Waals surface area contributed by atoms with E-state index in [1.807, 2.05) is 0 Å². The molecule has 0 heterocycles. The van der Waals surface area contributed by atoms with Gasteiger partial charge >= 0.3 is 0 Å². The zero-order valence-corrected chi connectivity index (χ0v) is 11.1. The van der Waals surface area contributed by atoms with E-state index in [4.69, 9.17) is 0 Å². The van der Waals surface area contributed by atoms with Crippen molar-refractivity contribution in [2.75, 3.05) is 0 Å². The smallest absolute Gasteiger partial charge is 0.200 e. The van der Waals surface area contributed by atoms with Crippen LogP contribution in [0.5, 0.6) is 0 Å². The summed E-state index contributed by atoms with van der Waals surface area (Å²) in [6, 6.07) is 4.38. The van der Waals surface area contributed by atoms with Crippen molar-refractivity contribution >= 4 is 0 Å². The molecule has 21 heavy (non-hydrogen) atoms. The fourth-order valence-electron chi connectivity index (χ4n) is 1.96. The molecule has 0 saturated carbocycles. The normalized spacial score (nSPS) is 12.6. The highest BCUT2D eigenvalue weighted by atomic mass is 19.2. The lowest BCUT2D eigenvalue weighted by atomic mass is 9.97. The van der Waals surface area contributed by atoms with Crippen LogP contribution < -0.4 is 0 Å². The van der Waals surface area contributed by atoms with Gasteiger partial charge in [-0.3, -0.25) is 0 Å². The average Bonchev–Trinajstić information content (AvgIpc) is 2.46. The lowest BCUT2D eigenvalue weighted by Crippen LogP contribution is -2.12. The minimum absolute atomic E-state index is 0.0429. The van der Waals surface area contributed by atoms with E-state index in [0.29, 0.717) is 0 Å². The standard InChI is InChI=1S/C15H11F5O/c1-6-3-4-8(5-7(6)2)15(21)9-10(16)12(18)14(20)13(19)11(9)17/h3-5,15,21H,1-2H3. The summed E-state index contributed by atoms with van der Waals surface area (Å²) in [5.41, 5.74) is 0.370. The topological polar surface area (TPSA) is 20.2 Å². The third-order valence-electron chi connectivity index (χ3n) is 3.36. The van der Waals surface area contributed by atoms with Gasteiger partial charge in [-0.2, -0.15) is 0 Å². The first-order valence-electron chi connectivity index (χ1n) is 6.02. The molecule has 0 spiro atoms. The predicted octanol–water partition coefficient (Wildman–Crippen LogP) is 4.08. The highest BCUT2D eigenvalue weighted by Crippen LogP contribution is 2.32. The summed E-state index contributed by atoms with van der Waals surface area (Å²) in [6.45, 7) is 3.48. The third-order valence-corrected chi connectivity index (χ3v) is 3.36. The van der Waals surface area contributed by atoms with Gasteiger partial charge in [-0.1, -0.05) is 18.2 Å². The van der Waals surface area contributed by atoms with Crippen LogP contribution in [0, 0.1) is 42.9 Å². The Labute approximate surface area is 117 Å². The molecule has 0 aliphatic carbocycles. The Balaban J connectivity index is 2.63. The zero-order valence-electron chi connectivity index (χ0n) is 11.1. The maximum absolute atomic E-state index is 13.6. The number of aliphatic hydroxyl groups is 1. The zero-order chi connectivity index (χ0) is 15.9. The van der Waals surface area contributed by atoms with Gasteiger partial charge in [0, 0.05) is 0 Å². The van der Waals surface area contributed by atoms with Gasteiger partial charge in [0.05, 0.1) is 5.56 Å². The summed E-state index contributed by atoms with van der Waals surface area (Å²) in [5.74, 6) is -10.5. The second-order valence-corrected chi connectivity index (χ2v) is 4.73. The Morgan fingerprint density at radius 2 is 1.24 bits per heavy atom. The Hall–Kier alpha value is -1.95. The first-order valence-corrected chi connectivity index (χ1v) is 6.02. The van der Waals surface area contributed by atoms with E-state index >= 15 is 0 Å². The van der Waals surface area contributed by atoms with E-state index in [9.17, 15) is 27.1 Å². The molecule has 2 aromatic rings. The molecule has 0 bridgehead atoms. The molecule has 0 saturated heterocycles. The van der Waals surface area contributed by atoms with Crippen LogP contribution in [0.3, 0.4) is 0 Å². The maximum Gasteiger partial charge on any atom is 0.200 e. The molecule has 6 heteroatoms. The second kappa shape index (κ2) is 5.44. The molecule has 1 nitrogen and oxygen atoms in total. The third kappa shape index (κ3) is 2.51. The fraction of sp³-hybridized carbons (Fsp3) is 0.200. The quantitative estimate of drug-likeness (QED) is 0.503. The van der Waals surface area contributed by atoms with Crippen molar-refractivity contribution in [3.8, 4) is 0 Å². The van der Waals surface area contributed by atoms with E-state index in [1.54, 1.807) is 19.9 Å². The average molecular weight is 302 g/mol. The van der Waals surface area contributed by atoms with Crippen molar-refractivity contribution in [2.24, 2.45) is 0 Å². The summed E-state index contributed by atoms with van der Waals surface area (Å²) in [5, 5.41) is 9.97. The van der Waals surface area contributed by atoms with Crippen LogP contribution >= 0.6 is 0 Å². The molecule has 0 aliphatic rings. The summed E-state index contributed by atoms with van der Waals surface area (Å²) < 4.78 is 66.5. The predicted molar refractivity (Wildman–Crippen MR) is 66.2 cm³/mol. The molecule has 112 valence electrons. The lowest BCUT2D eigenvalue weighted by Gasteiger charge is -2.16. The molecular weight excluding hydrogens is 291 g/mol. The molecule has 0 fully saturated rings. The molecule has 2 rings (SSSR count). The van der Waals surface area contributed by atoms with Crippen LogP contribution in [-0.4, -0.2) is 5.11 Å². The van der Waals surface area contributed by atoms with Crippen molar-refractivity contribution in [1.29, 1.82) is 0 Å². The van der Waals surface area contributed by atoms with Crippen LogP contribution in [0.25, 0.3) is 0 Å². The van der Waals surface area contributed by atoms with Crippen LogP contribution in [0.1, 0.15) is 28.4 Å². The molecule has 0 aromatic heterocycles.